The molecule has 3 unspecified atom stereocenters. The van der Waals surface area contributed by atoms with Gasteiger partial charge in [-0.25, -0.2) is 0 Å². The predicted molar refractivity (Wildman–Crippen MR) is 234 cm³/mol. The highest BCUT2D eigenvalue weighted by Crippen LogP contribution is 2.45. The van der Waals surface area contributed by atoms with Crippen LogP contribution in [0.4, 0.5) is 0 Å². The van der Waals surface area contributed by atoms with Crippen LogP contribution < -0.4 is 0 Å². The monoisotopic (exact) mass is 752 g/mol. The van der Waals surface area contributed by atoms with Crippen LogP contribution in [0.3, 0.4) is 0 Å². The fourth-order valence-electron chi connectivity index (χ4n) is 8.21. The second kappa shape index (κ2) is 17.3. The van der Waals surface area contributed by atoms with Crippen LogP contribution >= 0.6 is 0 Å². The molecule has 0 aliphatic rings. The standard InChI is InChI=1S/C53H52O4/c1-5-36-21-27-46(51(39-13-8-7-9-14-39)49-32-37(6-2)22-28-50(49)55)48(31-36)47-20-12-18-43(53(47)57)30-35(4)40-15-10-16-41(33-40)45-19-11-17-42(52(45)56)29-34(3)38-23-25-44(54)26-24-38/h7-28,31-35,51,54-57H,5-6,29-30H2,1-4H3. The molecule has 3 atom stereocenters. The molecule has 288 valence electrons. The summed E-state index contributed by atoms with van der Waals surface area (Å²) in [5.74, 6) is 1.02. The molecule has 4 nitrogen and oxygen atoms in total. The molecule has 0 saturated heterocycles. The van der Waals surface area contributed by atoms with Gasteiger partial charge in [0.2, 0.25) is 0 Å². The van der Waals surface area contributed by atoms with E-state index in [2.05, 4.69) is 76.2 Å². The van der Waals surface area contributed by atoms with Gasteiger partial charge >= 0.3 is 0 Å². The number of para-hydroxylation sites is 2. The fourth-order valence-corrected chi connectivity index (χ4v) is 8.21. The van der Waals surface area contributed by atoms with E-state index in [0.717, 1.165) is 79.6 Å². The van der Waals surface area contributed by atoms with Gasteiger partial charge in [-0.2, -0.15) is 0 Å². The molecule has 0 fully saturated rings. The minimum absolute atomic E-state index is 0.0678. The lowest BCUT2D eigenvalue weighted by Gasteiger charge is -2.25. The maximum atomic E-state index is 12.2. The van der Waals surface area contributed by atoms with Crippen LogP contribution in [-0.2, 0) is 25.7 Å². The van der Waals surface area contributed by atoms with Crippen molar-refractivity contribution in [2.75, 3.05) is 0 Å². The zero-order valence-electron chi connectivity index (χ0n) is 33.3. The summed E-state index contributed by atoms with van der Waals surface area (Å²) in [6, 6.07) is 50.3. The summed E-state index contributed by atoms with van der Waals surface area (Å²) >= 11 is 0. The molecule has 7 rings (SSSR count). The number of aromatic hydroxyl groups is 4. The van der Waals surface area contributed by atoms with Crippen LogP contribution in [0.25, 0.3) is 22.3 Å². The third-order valence-corrected chi connectivity index (χ3v) is 11.6. The Labute approximate surface area is 337 Å². The molecule has 0 bridgehead atoms. The Balaban J connectivity index is 1.21. The lowest BCUT2D eigenvalue weighted by atomic mass is 9.79. The number of phenolic OH excluding ortho intramolecular Hbond substituents is 4. The van der Waals surface area contributed by atoms with Crippen molar-refractivity contribution in [1.29, 1.82) is 0 Å². The number of hydrogen-bond donors (Lipinski definition) is 4. The van der Waals surface area contributed by atoms with E-state index < -0.39 is 0 Å². The van der Waals surface area contributed by atoms with Gasteiger partial charge in [0.15, 0.2) is 0 Å². The van der Waals surface area contributed by atoms with Gasteiger partial charge in [0, 0.05) is 22.6 Å². The Morgan fingerprint density at radius 1 is 0.439 bits per heavy atom. The Morgan fingerprint density at radius 3 is 1.70 bits per heavy atom. The lowest BCUT2D eigenvalue weighted by Crippen LogP contribution is -2.07. The first-order valence-corrected chi connectivity index (χ1v) is 20.2. The zero-order valence-corrected chi connectivity index (χ0v) is 33.3. The van der Waals surface area contributed by atoms with E-state index in [9.17, 15) is 20.4 Å². The molecule has 0 aromatic heterocycles. The van der Waals surface area contributed by atoms with Crippen molar-refractivity contribution in [3.05, 3.63) is 202 Å². The molecule has 7 aromatic rings. The van der Waals surface area contributed by atoms with Crippen LogP contribution in [0.15, 0.2) is 152 Å². The molecule has 4 N–H and O–H groups in total. The van der Waals surface area contributed by atoms with Gasteiger partial charge in [-0.15, -0.1) is 0 Å². The second-order valence-electron chi connectivity index (χ2n) is 15.4. The topological polar surface area (TPSA) is 80.9 Å². The molecular formula is C53H52O4. The summed E-state index contributed by atoms with van der Waals surface area (Å²) in [4.78, 5) is 0. The van der Waals surface area contributed by atoms with E-state index in [1.807, 2.05) is 84.9 Å². The molecule has 0 aliphatic heterocycles. The van der Waals surface area contributed by atoms with E-state index in [1.54, 1.807) is 18.2 Å². The number of rotatable bonds is 13. The Morgan fingerprint density at radius 2 is 1.02 bits per heavy atom. The van der Waals surface area contributed by atoms with Crippen LogP contribution in [0.1, 0.15) is 95.5 Å². The molecule has 7 aromatic carbocycles. The lowest BCUT2D eigenvalue weighted by molar-refractivity contribution is 0.466. The summed E-state index contributed by atoms with van der Waals surface area (Å²) in [5, 5.41) is 44.7. The molecule has 0 aliphatic carbocycles. The third-order valence-electron chi connectivity index (χ3n) is 11.6. The maximum absolute atomic E-state index is 12.2. The summed E-state index contributed by atoms with van der Waals surface area (Å²) < 4.78 is 0. The van der Waals surface area contributed by atoms with Gasteiger partial charge in [0.25, 0.3) is 0 Å². The van der Waals surface area contributed by atoms with Crippen molar-refractivity contribution < 1.29 is 20.4 Å². The van der Waals surface area contributed by atoms with Crippen LogP contribution in [0.5, 0.6) is 23.0 Å². The smallest absolute Gasteiger partial charge is 0.126 e. The number of phenols is 4. The summed E-state index contributed by atoms with van der Waals surface area (Å²) in [5.41, 5.74) is 12.7. The summed E-state index contributed by atoms with van der Waals surface area (Å²) in [7, 11) is 0. The van der Waals surface area contributed by atoms with Crippen molar-refractivity contribution in [3.63, 3.8) is 0 Å². The van der Waals surface area contributed by atoms with E-state index in [-0.39, 0.29) is 40.8 Å². The van der Waals surface area contributed by atoms with Crippen LogP contribution in [0, 0.1) is 0 Å². The first-order chi connectivity index (χ1) is 27.6. The average molecular weight is 753 g/mol. The van der Waals surface area contributed by atoms with E-state index in [4.69, 9.17) is 0 Å². The SMILES string of the molecule is CCc1ccc(C(c2ccccc2)c2cc(CC)ccc2O)c(-c2cccc(CC(C)c3cccc(-c4cccc(CC(C)c5ccc(O)cc5)c4O)c3)c2O)c1. The molecule has 4 heteroatoms. The first kappa shape index (κ1) is 39.0. The van der Waals surface area contributed by atoms with Crippen molar-refractivity contribution in [2.45, 2.75) is 71.1 Å². The second-order valence-corrected chi connectivity index (χ2v) is 15.4. The molecule has 0 radical (unpaired) electrons. The van der Waals surface area contributed by atoms with Gasteiger partial charge in [-0.3, -0.25) is 0 Å². The van der Waals surface area contributed by atoms with Crippen molar-refractivity contribution >= 4 is 0 Å². The van der Waals surface area contributed by atoms with Gasteiger partial charge in [0.05, 0.1) is 0 Å². The van der Waals surface area contributed by atoms with Crippen molar-refractivity contribution in [3.8, 4) is 45.3 Å². The van der Waals surface area contributed by atoms with E-state index in [0.29, 0.717) is 12.8 Å². The average Bonchev–Trinajstić information content (AvgIpc) is 3.24. The van der Waals surface area contributed by atoms with E-state index >= 15 is 0 Å². The molecule has 0 spiro atoms. The number of hydrogen-bond acceptors (Lipinski definition) is 4. The molecule has 57 heavy (non-hydrogen) atoms. The van der Waals surface area contributed by atoms with Crippen LogP contribution in [-0.4, -0.2) is 20.4 Å². The quantitative estimate of drug-likeness (QED) is 0.0884. The maximum Gasteiger partial charge on any atom is 0.126 e. The largest absolute Gasteiger partial charge is 0.508 e. The Kier molecular flexibility index (Phi) is 11.8. The zero-order chi connectivity index (χ0) is 40.1. The van der Waals surface area contributed by atoms with Gasteiger partial charge in [-0.05, 0) is 111 Å². The minimum atomic E-state index is -0.255. The van der Waals surface area contributed by atoms with Gasteiger partial charge in [-0.1, -0.05) is 161 Å². The Hall–Kier alpha value is -6.26. The van der Waals surface area contributed by atoms with Gasteiger partial charge in [0.1, 0.15) is 23.0 Å². The highest BCUT2D eigenvalue weighted by Gasteiger charge is 2.26. The summed E-state index contributed by atoms with van der Waals surface area (Å²) in [6.07, 6.45) is 2.99. The van der Waals surface area contributed by atoms with Crippen molar-refractivity contribution in [1.82, 2.24) is 0 Å². The third kappa shape index (κ3) is 8.46. The van der Waals surface area contributed by atoms with Crippen LogP contribution in [0.2, 0.25) is 0 Å². The minimum Gasteiger partial charge on any atom is -0.508 e. The number of aryl methyl sites for hydroxylation is 2. The molecular weight excluding hydrogens is 701 g/mol. The number of benzene rings is 7. The summed E-state index contributed by atoms with van der Waals surface area (Å²) in [6.45, 7) is 8.58. The molecule has 0 amide bonds. The predicted octanol–water partition coefficient (Wildman–Crippen LogP) is 12.8. The molecule has 0 saturated carbocycles. The van der Waals surface area contributed by atoms with E-state index in [1.165, 1.54) is 5.56 Å². The Bertz CT molecular complexity index is 2470. The van der Waals surface area contributed by atoms with Gasteiger partial charge < -0.3 is 20.4 Å². The first-order valence-electron chi connectivity index (χ1n) is 20.2. The highest BCUT2D eigenvalue weighted by atomic mass is 16.3. The normalized spacial score (nSPS) is 12.9. The highest BCUT2D eigenvalue weighted by molar-refractivity contribution is 5.78. The molecule has 0 heterocycles. The fraction of sp³-hybridized carbons (Fsp3) is 0.208. The van der Waals surface area contributed by atoms with Crippen molar-refractivity contribution in [2.24, 2.45) is 0 Å².